The lowest BCUT2D eigenvalue weighted by molar-refractivity contribution is -0.137. The van der Waals surface area contributed by atoms with Crippen LogP contribution in [0.25, 0.3) is 10.9 Å². The minimum absolute atomic E-state index is 0.206. The summed E-state index contributed by atoms with van der Waals surface area (Å²) in [6, 6.07) is 5.90. The van der Waals surface area contributed by atoms with Gasteiger partial charge in [0.1, 0.15) is 5.75 Å². The molecule has 0 saturated heterocycles. The molecule has 0 saturated carbocycles. The Kier molecular flexibility index (Phi) is 3.32. The number of hydrogen-bond acceptors (Lipinski definition) is 2. The Balaban J connectivity index is 2.23. The van der Waals surface area contributed by atoms with E-state index in [2.05, 4.69) is 4.98 Å². The second-order valence-electron chi connectivity index (χ2n) is 3.94. The number of aryl methyl sites for hydroxylation is 1. The van der Waals surface area contributed by atoms with Crippen LogP contribution in [0, 0.1) is 0 Å². The minimum Gasteiger partial charge on any atom is -0.495 e. The number of aromatic amines is 1. The molecule has 0 aliphatic heterocycles. The molecule has 2 rings (SSSR count). The molecule has 1 aromatic carbocycles. The average molecular weight is 233 g/mol. The quantitative estimate of drug-likeness (QED) is 0.834. The maximum atomic E-state index is 10.5. The van der Waals surface area contributed by atoms with Crippen molar-refractivity contribution in [3.05, 3.63) is 30.0 Å². The number of rotatable bonds is 5. The molecule has 0 amide bonds. The highest BCUT2D eigenvalue weighted by Crippen LogP contribution is 2.28. The SMILES string of the molecule is COc1ccc(CCCC(=O)O)c2cc[nH]c12. The van der Waals surface area contributed by atoms with Gasteiger partial charge in [0.25, 0.3) is 0 Å². The average Bonchev–Trinajstić information content (AvgIpc) is 2.78. The Bertz CT molecular complexity index is 530. The van der Waals surface area contributed by atoms with Gasteiger partial charge in [0, 0.05) is 18.0 Å². The van der Waals surface area contributed by atoms with E-state index in [4.69, 9.17) is 9.84 Å². The third-order valence-corrected chi connectivity index (χ3v) is 2.83. The lowest BCUT2D eigenvalue weighted by Gasteiger charge is -2.06. The Morgan fingerprint density at radius 3 is 2.94 bits per heavy atom. The van der Waals surface area contributed by atoms with Crippen molar-refractivity contribution in [3.8, 4) is 5.75 Å². The fourth-order valence-electron chi connectivity index (χ4n) is 2.01. The monoisotopic (exact) mass is 233 g/mol. The summed E-state index contributed by atoms with van der Waals surface area (Å²) < 4.78 is 5.26. The van der Waals surface area contributed by atoms with E-state index >= 15 is 0 Å². The number of hydrogen-bond donors (Lipinski definition) is 2. The molecule has 0 aliphatic carbocycles. The number of ether oxygens (including phenoxy) is 1. The molecule has 0 unspecified atom stereocenters. The summed E-state index contributed by atoms with van der Waals surface area (Å²) in [6.07, 6.45) is 3.50. The van der Waals surface area contributed by atoms with Gasteiger partial charge in [-0.1, -0.05) is 6.07 Å². The molecular weight excluding hydrogens is 218 g/mol. The molecule has 0 aliphatic rings. The van der Waals surface area contributed by atoms with Crippen molar-refractivity contribution in [2.24, 2.45) is 0 Å². The number of nitrogens with one attached hydrogen (secondary N) is 1. The molecule has 0 fully saturated rings. The fraction of sp³-hybridized carbons (Fsp3) is 0.308. The van der Waals surface area contributed by atoms with Gasteiger partial charge in [-0.2, -0.15) is 0 Å². The number of methoxy groups -OCH3 is 1. The van der Waals surface area contributed by atoms with Gasteiger partial charge in [0.15, 0.2) is 0 Å². The van der Waals surface area contributed by atoms with Gasteiger partial charge in [0.2, 0.25) is 0 Å². The number of carboxylic acids is 1. The van der Waals surface area contributed by atoms with E-state index in [0.717, 1.165) is 28.6 Å². The summed E-state index contributed by atoms with van der Waals surface area (Å²) in [6.45, 7) is 0. The molecule has 2 aromatic rings. The van der Waals surface area contributed by atoms with Crippen molar-refractivity contribution < 1.29 is 14.6 Å². The zero-order valence-electron chi connectivity index (χ0n) is 9.69. The number of benzene rings is 1. The van der Waals surface area contributed by atoms with E-state index in [9.17, 15) is 4.79 Å². The Morgan fingerprint density at radius 2 is 2.24 bits per heavy atom. The van der Waals surface area contributed by atoms with Gasteiger partial charge in [-0.15, -0.1) is 0 Å². The highest BCUT2D eigenvalue weighted by Gasteiger charge is 2.07. The van der Waals surface area contributed by atoms with Crippen molar-refractivity contribution in [3.63, 3.8) is 0 Å². The maximum Gasteiger partial charge on any atom is 0.303 e. The summed E-state index contributed by atoms with van der Waals surface area (Å²) >= 11 is 0. The molecule has 1 aromatic heterocycles. The molecule has 0 atom stereocenters. The van der Waals surface area contributed by atoms with Crippen molar-refractivity contribution in [2.75, 3.05) is 7.11 Å². The molecule has 4 heteroatoms. The van der Waals surface area contributed by atoms with E-state index in [0.29, 0.717) is 6.42 Å². The van der Waals surface area contributed by atoms with E-state index in [1.54, 1.807) is 7.11 Å². The molecule has 0 bridgehead atoms. The third kappa shape index (κ3) is 2.41. The molecule has 0 spiro atoms. The molecule has 2 N–H and O–H groups in total. The normalized spacial score (nSPS) is 10.6. The number of fused-ring (bicyclic) bond motifs is 1. The Labute approximate surface area is 99.2 Å². The van der Waals surface area contributed by atoms with Gasteiger partial charge >= 0.3 is 5.97 Å². The third-order valence-electron chi connectivity index (χ3n) is 2.83. The van der Waals surface area contributed by atoms with Gasteiger partial charge in [-0.25, -0.2) is 0 Å². The van der Waals surface area contributed by atoms with Crippen LogP contribution in [-0.2, 0) is 11.2 Å². The van der Waals surface area contributed by atoms with Crippen LogP contribution < -0.4 is 4.74 Å². The zero-order chi connectivity index (χ0) is 12.3. The van der Waals surface area contributed by atoms with E-state index in [1.165, 1.54) is 0 Å². The van der Waals surface area contributed by atoms with Gasteiger partial charge in [-0.05, 0) is 30.5 Å². The van der Waals surface area contributed by atoms with Crippen LogP contribution in [0.3, 0.4) is 0 Å². The largest absolute Gasteiger partial charge is 0.495 e. The minimum atomic E-state index is -0.746. The number of carboxylic acid groups (broad SMARTS) is 1. The summed E-state index contributed by atoms with van der Waals surface area (Å²) in [4.78, 5) is 13.6. The highest BCUT2D eigenvalue weighted by molar-refractivity contribution is 5.88. The standard InChI is InChI=1S/C13H15NO3/c1-17-11-6-5-9(3-2-4-12(15)16)10-7-8-14-13(10)11/h5-8,14H,2-4H2,1H3,(H,15,16). The van der Waals surface area contributed by atoms with Crippen LogP contribution in [0.4, 0.5) is 0 Å². The van der Waals surface area contributed by atoms with E-state index in [-0.39, 0.29) is 6.42 Å². The first kappa shape index (κ1) is 11.5. The smallest absolute Gasteiger partial charge is 0.303 e. The summed E-state index contributed by atoms with van der Waals surface area (Å²) in [5.74, 6) is 0.0656. The van der Waals surface area contributed by atoms with Gasteiger partial charge in [-0.3, -0.25) is 4.79 Å². The van der Waals surface area contributed by atoms with Crippen LogP contribution in [0.1, 0.15) is 18.4 Å². The van der Waals surface area contributed by atoms with E-state index in [1.807, 2.05) is 24.4 Å². The van der Waals surface area contributed by atoms with Crippen LogP contribution in [0.2, 0.25) is 0 Å². The first-order valence-electron chi connectivity index (χ1n) is 5.57. The second-order valence-corrected chi connectivity index (χ2v) is 3.94. The molecule has 90 valence electrons. The lowest BCUT2D eigenvalue weighted by atomic mass is 10.0. The van der Waals surface area contributed by atoms with Crippen molar-refractivity contribution in [2.45, 2.75) is 19.3 Å². The first-order chi connectivity index (χ1) is 8.22. The van der Waals surface area contributed by atoms with Crippen molar-refractivity contribution in [1.82, 2.24) is 4.98 Å². The molecule has 17 heavy (non-hydrogen) atoms. The van der Waals surface area contributed by atoms with Crippen LogP contribution in [-0.4, -0.2) is 23.2 Å². The molecule has 0 radical (unpaired) electrons. The van der Waals surface area contributed by atoms with Crippen LogP contribution >= 0.6 is 0 Å². The number of carbonyl (C=O) groups is 1. The number of aliphatic carboxylic acids is 1. The van der Waals surface area contributed by atoms with E-state index < -0.39 is 5.97 Å². The Hall–Kier alpha value is -1.97. The fourth-order valence-corrected chi connectivity index (χ4v) is 2.01. The first-order valence-corrected chi connectivity index (χ1v) is 5.57. The number of aromatic nitrogens is 1. The summed E-state index contributed by atoms with van der Waals surface area (Å²) in [5, 5.41) is 9.73. The molecular formula is C13H15NO3. The van der Waals surface area contributed by atoms with Crippen LogP contribution in [0.5, 0.6) is 5.75 Å². The van der Waals surface area contributed by atoms with Crippen LogP contribution in [0.15, 0.2) is 24.4 Å². The van der Waals surface area contributed by atoms with Gasteiger partial charge in [0.05, 0.1) is 12.6 Å². The molecule has 4 nitrogen and oxygen atoms in total. The highest BCUT2D eigenvalue weighted by atomic mass is 16.5. The predicted molar refractivity (Wildman–Crippen MR) is 65.4 cm³/mol. The predicted octanol–water partition coefficient (Wildman–Crippen LogP) is 2.58. The summed E-state index contributed by atoms with van der Waals surface area (Å²) in [5.41, 5.74) is 2.13. The molecule has 1 heterocycles. The summed E-state index contributed by atoms with van der Waals surface area (Å²) in [7, 11) is 1.64. The van der Waals surface area contributed by atoms with Crippen molar-refractivity contribution >= 4 is 16.9 Å². The second kappa shape index (κ2) is 4.91. The zero-order valence-corrected chi connectivity index (χ0v) is 9.69. The topological polar surface area (TPSA) is 62.3 Å². The maximum absolute atomic E-state index is 10.5. The Morgan fingerprint density at radius 1 is 1.41 bits per heavy atom. The lowest BCUT2D eigenvalue weighted by Crippen LogP contribution is -1.96. The van der Waals surface area contributed by atoms with Crippen molar-refractivity contribution in [1.29, 1.82) is 0 Å². The number of H-pyrrole nitrogens is 1. The van der Waals surface area contributed by atoms with Gasteiger partial charge < -0.3 is 14.8 Å².